The zero-order valence-electron chi connectivity index (χ0n) is 31.6. The van der Waals surface area contributed by atoms with Gasteiger partial charge in [0.1, 0.15) is 11.6 Å². The van der Waals surface area contributed by atoms with E-state index in [0.29, 0.717) is 47.5 Å². The van der Waals surface area contributed by atoms with Gasteiger partial charge in [-0.05, 0) is 89.6 Å². The number of likely N-dealkylation sites (N-methyl/N-ethyl adjacent to an activating group) is 2. The second-order valence-corrected chi connectivity index (χ2v) is 17.6. The molecule has 2 unspecified atom stereocenters. The molecular weight excluding hydrogens is 733 g/mol. The summed E-state index contributed by atoms with van der Waals surface area (Å²) in [6, 6.07) is 10.6. The van der Waals surface area contributed by atoms with Gasteiger partial charge in [0, 0.05) is 61.8 Å². The molecule has 2 fully saturated rings. The largest absolute Gasteiger partial charge is 0.311 e. The number of nitrogens with zero attached hydrogens (tertiary/aromatic N) is 8. The van der Waals surface area contributed by atoms with E-state index < -0.39 is 20.0 Å². The molecule has 0 radical (unpaired) electrons. The van der Waals surface area contributed by atoms with E-state index in [0.717, 1.165) is 22.3 Å². The number of nitrogens with one attached hydrogen (secondary N) is 2. The Balaban J connectivity index is 0.000000208. The van der Waals surface area contributed by atoms with Gasteiger partial charge < -0.3 is 20.4 Å². The quantitative estimate of drug-likeness (QED) is 0.266. The molecule has 2 aliphatic heterocycles. The monoisotopic (exact) mass is 778 g/mol. The van der Waals surface area contributed by atoms with Crippen LogP contribution in [-0.2, 0) is 29.6 Å². The van der Waals surface area contributed by atoms with E-state index in [1.807, 2.05) is 50.1 Å². The van der Waals surface area contributed by atoms with E-state index in [2.05, 4.69) is 30.6 Å². The second-order valence-electron chi connectivity index (χ2n) is 13.7. The average Bonchev–Trinajstić information content (AvgIpc) is 3.59. The molecular formula is C36H46N10O6S2. The van der Waals surface area contributed by atoms with Gasteiger partial charge in [-0.15, -0.1) is 0 Å². The number of rotatable bonds is 8. The number of aryl methyl sites for hydroxylation is 2. The zero-order chi connectivity index (χ0) is 39.5. The minimum absolute atomic E-state index is 0.0645. The van der Waals surface area contributed by atoms with Crippen molar-refractivity contribution in [3.05, 3.63) is 72.6 Å². The van der Waals surface area contributed by atoms with Crippen molar-refractivity contribution < 1.29 is 26.4 Å². The molecule has 0 saturated carbocycles. The molecule has 2 saturated heterocycles. The van der Waals surface area contributed by atoms with E-state index >= 15 is 0 Å². The van der Waals surface area contributed by atoms with Crippen LogP contribution in [0, 0.1) is 13.8 Å². The van der Waals surface area contributed by atoms with E-state index in [1.54, 1.807) is 62.9 Å². The first-order chi connectivity index (χ1) is 25.3. The molecule has 0 aromatic carbocycles. The van der Waals surface area contributed by atoms with Crippen LogP contribution in [-0.4, -0.2) is 123 Å². The highest BCUT2D eigenvalue weighted by atomic mass is 32.2. The molecule has 288 valence electrons. The van der Waals surface area contributed by atoms with E-state index in [9.17, 15) is 26.4 Å². The maximum Gasteiger partial charge on any atom is 0.236 e. The minimum atomic E-state index is -3.40. The Labute approximate surface area is 316 Å². The van der Waals surface area contributed by atoms with Gasteiger partial charge in [0.25, 0.3) is 0 Å². The van der Waals surface area contributed by atoms with Crippen LogP contribution in [0.25, 0.3) is 22.3 Å². The highest BCUT2D eigenvalue weighted by molar-refractivity contribution is 7.93. The lowest BCUT2D eigenvalue weighted by molar-refractivity contribution is -0.115. The molecule has 18 heteroatoms. The SMILES string of the molecule is CC(=O)Nc1cc(-c2cnc(C)c(N3CC(N(C)C)CS3(=O)=O)c2)ccn1.CC(=O)Nc1cc(-c2cnc(C)c(N3CC(N(C)C)CS3(=O)=O)c2)ccn1. The number of hydrogen-bond donors (Lipinski definition) is 2. The summed E-state index contributed by atoms with van der Waals surface area (Å²) in [5.74, 6) is 0.629. The number of carbonyl (C=O) groups excluding carboxylic acids is 2. The van der Waals surface area contributed by atoms with Gasteiger partial charge in [0.15, 0.2) is 0 Å². The molecule has 6 rings (SSSR count). The summed E-state index contributed by atoms with van der Waals surface area (Å²) in [7, 11) is 0.728. The molecule has 54 heavy (non-hydrogen) atoms. The second kappa shape index (κ2) is 16.1. The lowest BCUT2D eigenvalue weighted by Gasteiger charge is -2.21. The Kier molecular flexibility index (Phi) is 12.0. The van der Waals surface area contributed by atoms with Crippen LogP contribution in [0.1, 0.15) is 25.2 Å². The number of sulfonamides is 2. The van der Waals surface area contributed by atoms with Gasteiger partial charge in [-0.2, -0.15) is 0 Å². The first-order valence-corrected chi connectivity index (χ1v) is 20.3. The van der Waals surface area contributed by atoms with Crippen LogP contribution in [0.5, 0.6) is 0 Å². The predicted octanol–water partition coefficient (Wildman–Crippen LogP) is 2.98. The topological polar surface area (TPSA) is 191 Å². The molecule has 6 heterocycles. The Morgan fingerprint density at radius 3 is 1.31 bits per heavy atom. The Hall–Kier alpha value is -5.04. The summed E-state index contributed by atoms with van der Waals surface area (Å²) in [5, 5.41) is 5.29. The van der Waals surface area contributed by atoms with Crippen molar-refractivity contribution in [1.82, 2.24) is 29.7 Å². The highest BCUT2D eigenvalue weighted by Crippen LogP contribution is 2.33. The van der Waals surface area contributed by atoms with Gasteiger partial charge in [-0.3, -0.25) is 28.2 Å². The van der Waals surface area contributed by atoms with Crippen LogP contribution in [0.4, 0.5) is 23.0 Å². The third-order valence-electron chi connectivity index (χ3n) is 9.14. The van der Waals surface area contributed by atoms with Gasteiger partial charge in [0.05, 0.1) is 47.4 Å². The van der Waals surface area contributed by atoms with Gasteiger partial charge in [-0.25, -0.2) is 26.8 Å². The van der Waals surface area contributed by atoms with Crippen LogP contribution in [0.15, 0.2) is 61.2 Å². The number of carbonyl (C=O) groups is 2. The molecule has 0 spiro atoms. The Morgan fingerprint density at radius 2 is 1.00 bits per heavy atom. The van der Waals surface area contributed by atoms with Crippen molar-refractivity contribution in [3.63, 3.8) is 0 Å². The fourth-order valence-corrected chi connectivity index (χ4v) is 9.99. The molecule has 2 N–H and O–H groups in total. The highest BCUT2D eigenvalue weighted by Gasteiger charge is 2.39. The summed E-state index contributed by atoms with van der Waals surface area (Å²) in [6.07, 6.45) is 6.57. The van der Waals surface area contributed by atoms with Crippen molar-refractivity contribution in [3.8, 4) is 22.3 Å². The molecule has 16 nitrogen and oxygen atoms in total. The molecule has 0 aliphatic carbocycles. The molecule has 2 amide bonds. The summed E-state index contributed by atoms with van der Waals surface area (Å²) in [6.45, 7) is 7.22. The van der Waals surface area contributed by atoms with Crippen molar-refractivity contribution in [2.75, 3.05) is 72.0 Å². The van der Waals surface area contributed by atoms with Crippen LogP contribution in [0.3, 0.4) is 0 Å². The standard InChI is InChI=1S/2C18H23N5O3S/c2*1-12-17(23-10-16(22(3)4)11-27(23,25)26)7-15(9-20-12)14-5-6-19-18(8-14)21-13(2)24/h2*5-9,16H,10-11H2,1-4H3,(H,19,21,24). The van der Waals surface area contributed by atoms with Crippen LogP contribution in [0.2, 0.25) is 0 Å². The fourth-order valence-electron chi connectivity index (χ4n) is 6.08. The maximum atomic E-state index is 12.7. The maximum absolute atomic E-state index is 12.7. The summed E-state index contributed by atoms with van der Waals surface area (Å²) in [4.78, 5) is 43.4. The first-order valence-electron chi connectivity index (χ1n) is 17.1. The number of aromatic nitrogens is 4. The lowest BCUT2D eigenvalue weighted by Crippen LogP contribution is -2.33. The fraction of sp³-hybridized carbons (Fsp3) is 0.389. The van der Waals surface area contributed by atoms with Gasteiger partial charge >= 0.3 is 0 Å². The molecule has 4 aromatic heterocycles. The Bertz CT molecular complexity index is 2110. The van der Waals surface area contributed by atoms with Crippen molar-refractivity contribution >= 4 is 54.9 Å². The molecule has 2 atom stereocenters. The average molecular weight is 779 g/mol. The predicted molar refractivity (Wildman–Crippen MR) is 210 cm³/mol. The van der Waals surface area contributed by atoms with E-state index in [-0.39, 0.29) is 35.4 Å². The number of pyridine rings is 4. The van der Waals surface area contributed by atoms with Crippen molar-refractivity contribution in [2.45, 2.75) is 39.8 Å². The number of anilines is 4. The van der Waals surface area contributed by atoms with Crippen LogP contribution >= 0.6 is 0 Å². The summed E-state index contributed by atoms with van der Waals surface area (Å²) in [5.41, 5.74) is 5.56. The Morgan fingerprint density at radius 1 is 0.630 bits per heavy atom. The zero-order valence-corrected chi connectivity index (χ0v) is 33.2. The van der Waals surface area contributed by atoms with Crippen LogP contribution < -0.4 is 19.2 Å². The third kappa shape index (κ3) is 9.36. The molecule has 0 bridgehead atoms. The van der Waals surface area contributed by atoms with E-state index in [4.69, 9.17) is 0 Å². The summed E-state index contributed by atoms with van der Waals surface area (Å²) < 4.78 is 53.6. The number of hydrogen-bond acceptors (Lipinski definition) is 12. The minimum Gasteiger partial charge on any atom is -0.311 e. The van der Waals surface area contributed by atoms with Gasteiger partial charge in [0.2, 0.25) is 31.9 Å². The van der Waals surface area contributed by atoms with Gasteiger partial charge in [-0.1, -0.05) is 0 Å². The van der Waals surface area contributed by atoms with Crippen molar-refractivity contribution in [1.29, 1.82) is 0 Å². The smallest absolute Gasteiger partial charge is 0.236 e. The number of amides is 2. The normalized spacial score (nSPS) is 18.7. The lowest BCUT2D eigenvalue weighted by atomic mass is 10.1. The summed E-state index contributed by atoms with van der Waals surface area (Å²) >= 11 is 0. The first kappa shape index (κ1) is 40.2. The molecule has 4 aromatic rings. The van der Waals surface area contributed by atoms with Crippen molar-refractivity contribution in [2.24, 2.45) is 0 Å². The third-order valence-corrected chi connectivity index (χ3v) is 12.8. The van der Waals surface area contributed by atoms with E-state index in [1.165, 1.54) is 22.5 Å². The molecule has 2 aliphatic rings.